The van der Waals surface area contributed by atoms with E-state index in [1.807, 2.05) is 24.3 Å². The number of nitrogens with one attached hydrogen (secondary N) is 1. The molecule has 0 aliphatic carbocycles. The van der Waals surface area contributed by atoms with Crippen LogP contribution in [0, 0.1) is 5.92 Å². The van der Waals surface area contributed by atoms with Gasteiger partial charge in [-0.15, -0.1) is 0 Å². The fourth-order valence-corrected chi connectivity index (χ4v) is 4.34. The molecule has 2 atom stereocenters. The summed E-state index contributed by atoms with van der Waals surface area (Å²) in [6.45, 7) is 10.1. The number of piperidine rings is 1. The molecule has 150 valence electrons. The van der Waals surface area contributed by atoms with Gasteiger partial charge < -0.3 is 19.9 Å². The maximum Gasteiger partial charge on any atom is 0.225 e. The van der Waals surface area contributed by atoms with Crippen LogP contribution in [0.5, 0.6) is 5.75 Å². The zero-order chi connectivity index (χ0) is 19.2. The number of rotatable bonds is 6. The molecule has 0 aromatic heterocycles. The molecule has 1 aromatic carbocycles. The monoisotopic (exact) mass is 374 g/mol. The number of carbonyl (C=O) groups excluding carboxylic acids is 1. The molecule has 2 aliphatic rings. The maximum atomic E-state index is 12.3. The van der Waals surface area contributed by atoms with Gasteiger partial charge in [0.25, 0.3) is 0 Å². The molecular weight excluding hydrogens is 340 g/mol. The van der Waals surface area contributed by atoms with E-state index in [0.29, 0.717) is 24.1 Å². The van der Waals surface area contributed by atoms with E-state index in [9.17, 15) is 4.79 Å². The zero-order valence-electron chi connectivity index (χ0n) is 17.0. The van der Waals surface area contributed by atoms with Crippen LogP contribution in [0.3, 0.4) is 0 Å². The predicted octanol–water partition coefficient (Wildman–Crippen LogP) is 1.98. The normalized spacial score (nSPS) is 25.3. The number of ether oxygens (including phenoxy) is 1. The molecule has 2 heterocycles. The molecule has 1 N–H and O–H groups in total. The molecule has 0 unspecified atom stereocenters. The first-order valence-corrected chi connectivity index (χ1v) is 10.1. The highest BCUT2D eigenvalue weighted by molar-refractivity contribution is 5.92. The first-order valence-electron chi connectivity index (χ1n) is 10.1. The molecule has 3 rings (SSSR count). The van der Waals surface area contributed by atoms with Crippen molar-refractivity contribution in [2.24, 2.45) is 5.92 Å². The summed E-state index contributed by atoms with van der Waals surface area (Å²) in [6, 6.07) is 8.24. The lowest BCUT2D eigenvalue weighted by molar-refractivity contribution is -0.116. The van der Waals surface area contributed by atoms with Gasteiger partial charge in [-0.3, -0.25) is 9.69 Å². The number of hydrogen-bond donors (Lipinski definition) is 1. The molecule has 2 saturated heterocycles. The minimum absolute atomic E-state index is 0.0494. The minimum atomic E-state index is 0.0494. The average Bonchev–Trinajstić information content (AvgIpc) is 2.68. The summed E-state index contributed by atoms with van der Waals surface area (Å²) >= 11 is 0. The smallest absolute Gasteiger partial charge is 0.225 e. The first kappa shape index (κ1) is 20.1. The Bertz CT molecular complexity index is 616. The molecule has 0 radical (unpaired) electrons. The highest BCUT2D eigenvalue weighted by Gasteiger charge is 2.31. The zero-order valence-corrected chi connectivity index (χ0v) is 17.0. The van der Waals surface area contributed by atoms with Crippen LogP contribution in [0.4, 0.5) is 5.69 Å². The molecule has 2 fully saturated rings. The van der Waals surface area contributed by atoms with E-state index in [2.05, 4.69) is 34.0 Å². The van der Waals surface area contributed by atoms with E-state index in [0.717, 1.165) is 25.3 Å². The average molecular weight is 375 g/mol. The summed E-state index contributed by atoms with van der Waals surface area (Å²) in [4.78, 5) is 19.9. The van der Waals surface area contributed by atoms with Crippen molar-refractivity contribution < 1.29 is 9.53 Å². The van der Waals surface area contributed by atoms with E-state index in [1.54, 1.807) is 7.11 Å². The quantitative estimate of drug-likeness (QED) is 0.825. The summed E-state index contributed by atoms with van der Waals surface area (Å²) in [5.41, 5.74) is 0.743. The van der Waals surface area contributed by atoms with Crippen LogP contribution in [0.15, 0.2) is 24.3 Å². The van der Waals surface area contributed by atoms with Gasteiger partial charge in [0.05, 0.1) is 12.8 Å². The highest BCUT2D eigenvalue weighted by Crippen LogP contribution is 2.25. The highest BCUT2D eigenvalue weighted by atomic mass is 16.5. The van der Waals surface area contributed by atoms with Crippen LogP contribution in [0.2, 0.25) is 0 Å². The molecule has 1 aromatic rings. The Kier molecular flexibility index (Phi) is 7.10. The fraction of sp³-hybridized carbons (Fsp3) is 0.667. The number of carbonyl (C=O) groups is 1. The summed E-state index contributed by atoms with van der Waals surface area (Å²) in [7, 11) is 3.83. The number of benzene rings is 1. The van der Waals surface area contributed by atoms with Crippen LogP contribution < -0.4 is 10.1 Å². The largest absolute Gasteiger partial charge is 0.495 e. The van der Waals surface area contributed by atoms with Crippen molar-refractivity contribution in [2.75, 3.05) is 65.3 Å². The number of para-hydroxylation sites is 2. The Morgan fingerprint density at radius 1 is 1.19 bits per heavy atom. The number of anilines is 1. The van der Waals surface area contributed by atoms with Crippen LogP contribution >= 0.6 is 0 Å². The van der Waals surface area contributed by atoms with Gasteiger partial charge >= 0.3 is 0 Å². The number of amides is 1. The second-order valence-corrected chi connectivity index (χ2v) is 7.97. The van der Waals surface area contributed by atoms with E-state index in [-0.39, 0.29) is 5.91 Å². The molecule has 6 heteroatoms. The Morgan fingerprint density at radius 3 is 2.63 bits per heavy atom. The van der Waals surface area contributed by atoms with Gasteiger partial charge in [0.2, 0.25) is 5.91 Å². The lowest BCUT2D eigenvalue weighted by Gasteiger charge is -2.45. The first-order chi connectivity index (χ1) is 13.1. The molecule has 6 nitrogen and oxygen atoms in total. The van der Waals surface area contributed by atoms with Crippen LogP contribution in [-0.2, 0) is 4.79 Å². The van der Waals surface area contributed by atoms with E-state index in [1.165, 1.54) is 32.6 Å². The van der Waals surface area contributed by atoms with Crippen molar-refractivity contribution in [1.82, 2.24) is 14.7 Å². The van der Waals surface area contributed by atoms with E-state index < -0.39 is 0 Å². The third kappa shape index (κ3) is 5.43. The summed E-state index contributed by atoms with van der Waals surface area (Å²) in [6.07, 6.45) is 1.73. The molecule has 27 heavy (non-hydrogen) atoms. The van der Waals surface area contributed by atoms with Gasteiger partial charge in [-0.05, 0) is 38.1 Å². The van der Waals surface area contributed by atoms with Gasteiger partial charge in [-0.2, -0.15) is 0 Å². The molecule has 0 bridgehead atoms. The Labute approximate surface area is 163 Å². The third-order valence-electron chi connectivity index (χ3n) is 5.99. The van der Waals surface area contributed by atoms with Crippen LogP contribution in [-0.4, -0.2) is 86.6 Å². The predicted molar refractivity (Wildman–Crippen MR) is 109 cm³/mol. The van der Waals surface area contributed by atoms with Gasteiger partial charge in [0.15, 0.2) is 0 Å². The second kappa shape index (κ2) is 9.53. The molecule has 2 aliphatic heterocycles. The SMILES string of the molecule is COc1ccccc1NC(=O)CCN1CC[C@H](N2CCN(C)CC2)[C@@H](C)C1. The Hall–Kier alpha value is -1.63. The van der Waals surface area contributed by atoms with Crippen molar-refractivity contribution in [3.05, 3.63) is 24.3 Å². The molecular formula is C21H34N4O2. The van der Waals surface area contributed by atoms with E-state index >= 15 is 0 Å². The van der Waals surface area contributed by atoms with Crippen LogP contribution in [0.1, 0.15) is 19.8 Å². The number of likely N-dealkylation sites (tertiary alicyclic amines) is 1. The van der Waals surface area contributed by atoms with Gasteiger partial charge in [-0.1, -0.05) is 19.1 Å². The summed E-state index contributed by atoms with van der Waals surface area (Å²) in [5, 5.41) is 2.97. The Morgan fingerprint density at radius 2 is 1.93 bits per heavy atom. The van der Waals surface area contributed by atoms with Gasteiger partial charge in [0.1, 0.15) is 5.75 Å². The number of likely N-dealkylation sites (N-methyl/N-ethyl adjacent to an activating group) is 1. The third-order valence-corrected chi connectivity index (χ3v) is 5.99. The number of methoxy groups -OCH3 is 1. The second-order valence-electron chi connectivity index (χ2n) is 7.97. The van der Waals surface area contributed by atoms with E-state index in [4.69, 9.17) is 4.74 Å². The topological polar surface area (TPSA) is 48.1 Å². The van der Waals surface area contributed by atoms with Gasteiger partial charge in [0, 0.05) is 51.7 Å². The maximum absolute atomic E-state index is 12.3. The number of hydrogen-bond acceptors (Lipinski definition) is 5. The lowest BCUT2D eigenvalue weighted by Crippen LogP contribution is -2.55. The molecule has 1 amide bonds. The van der Waals surface area contributed by atoms with Crippen molar-refractivity contribution >= 4 is 11.6 Å². The Balaban J connectivity index is 1.42. The summed E-state index contributed by atoms with van der Waals surface area (Å²) in [5.74, 6) is 1.40. The fourth-order valence-electron chi connectivity index (χ4n) is 4.34. The van der Waals surface area contributed by atoms with Gasteiger partial charge in [-0.25, -0.2) is 0 Å². The van der Waals surface area contributed by atoms with Crippen LogP contribution in [0.25, 0.3) is 0 Å². The molecule has 0 spiro atoms. The minimum Gasteiger partial charge on any atom is -0.495 e. The standard InChI is InChI=1S/C21H34N4O2/c1-17-16-24(10-8-19(17)25-14-12-23(2)13-15-25)11-9-21(26)22-18-6-4-5-7-20(18)27-3/h4-7,17,19H,8-16H2,1-3H3,(H,22,26)/t17-,19-/m0/s1. The van der Waals surface area contributed by atoms with Crippen molar-refractivity contribution in [3.63, 3.8) is 0 Å². The summed E-state index contributed by atoms with van der Waals surface area (Å²) < 4.78 is 5.30. The van der Waals surface area contributed by atoms with Crippen molar-refractivity contribution in [3.8, 4) is 5.75 Å². The number of piperazine rings is 1. The molecule has 0 saturated carbocycles. The van der Waals surface area contributed by atoms with Crippen molar-refractivity contribution in [1.29, 1.82) is 0 Å². The number of nitrogens with zero attached hydrogens (tertiary/aromatic N) is 3. The lowest BCUT2D eigenvalue weighted by atomic mass is 9.91. The van der Waals surface area contributed by atoms with Crippen molar-refractivity contribution in [2.45, 2.75) is 25.8 Å².